The molecule has 3 heteroatoms. The molecule has 0 bridgehead atoms. The van der Waals surface area contributed by atoms with Gasteiger partial charge in [0.1, 0.15) is 0 Å². The van der Waals surface area contributed by atoms with E-state index in [4.69, 9.17) is 9.31 Å². The summed E-state index contributed by atoms with van der Waals surface area (Å²) >= 11 is 0. The number of hydrogen-bond acceptors (Lipinski definition) is 2. The molecule has 3 aliphatic rings. The fraction of sp³-hybridized carbons (Fsp3) is 1.00. The van der Waals surface area contributed by atoms with Crippen LogP contribution in [-0.4, -0.2) is 19.3 Å². The highest BCUT2D eigenvalue weighted by Gasteiger charge is 2.45. The minimum Gasteiger partial charge on any atom is -0.405 e. The third-order valence-electron chi connectivity index (χ3n) is 5.50. The highest BCUT2D eigenvalue weighted by atomic mass is 16.7. The zero-order valence-electron chi connectivity index (χ0n) is 12.5. The summed E-state index contributed by atoms with van der Waals surface area (Å²) < 4.78 is 12.6. The summed E-state index contributed by atoms with van der Waals surface area (Å²) in [5.41, 5.74) is 0. The SMILES string of the molecule is CCB1OC(C2CCCCC2)C(C2CCCCC2)O1. The quantitative estimate of drug-likeness (QED) is 0.701. The molecule has 0 radical (unpaired) electrons. The van der Waals surface area contributed by atoms with Gasteiger partial charge in [-0.25, -0.2) is 0 Å². The van der Waals surface area contributed by atoms with E-state index in [1.807, 2.05) is 0 Å². The van der Waals surface area contributed by atoms with Gasteiger partial charge < -0.3 is 9.31 Å². The second-order valence-corrected chi connectivity index (χ2v) is 6.84. The van der Waals surface area contributed by atoms with Crippen molar-refractivity contribution in [2.24, 2.45) is 11.8 Å². The average Bonchev–Trinajstić information content (AvgIpc) is 2.93. The van der Waals surface area contributed by atoms with Crippen LogP contribution in [0.2, 0.25) is 6.32 Å². The second kappa shape index (κ2) is 6.63. The summed E-state index contributed by atoms with van der Waals surface area (Å²) in [6, 6.07) is 0. The highest BCUT2D eigenvalue weighted by molar-refractivity contribution is 6.45. The molecule has 2 atom stereocenters. The van der Waals surface area contributed by atoms with Crippen LogP contribution < -0.4 is 0 Å². The summed E-state index contributed by atoms with van der Waals surface area (Å²) in [6.07, 6.45) is 15.8. The maximum absolute atomic E-state index is 6.29. The van der Waals surface area contributed by atoms with Crippen molar-refractivity contribution in [1.29, 1.82) is 0 Å². The highest BCUT2D eigenvalue weighted by Crippen LogP contribution is 2.40. The molecule has 3 rings (SSSR count). The lowest BCUT2D eigenvalue weighted by atomic mass is 9.77. The molecule has 2 nitrogen and oxygen atoms in total. The van der Waals surface area contributed by atoms with Crippen molar-refractivity contribution >= 4 is 7.12 Å². The van der Waals surface area contributed by atoms with Gasteiger partial charge in [0.2, 0.25) is 0 Å². The minimum absolute atomic E-state index is 0.0823. The average molecular weight is 264 g/mol. The van der Waals surface area contributed by atoms with Crippen LogP contribution in [0.5, 0.6) is 0 Å². The molecule has 3 fully saturated rings. The monoisotopic (exact) mass is 264 g/mol. The van der Waals surface area contributed by atoms with Crippen molar-refractivity contribution in [3.05, 3.63) is 0 Å². The van der Waals surface area contributed by atoms with Gasteiger partial charge in [-0.1, -0.05) is 45.4 Å². The van der Waals surface area contributed by atoms with Crippen LogP contribution in [0.1, 0.15) is 71.1 Å². The van der Waals surface area contributed by atoms with Gasteiger partial charge in [-0.3, -0.25) is 0 Å². The molecule has 1 heterocycles. The Morgan fingerprint density at radius 3 is 1.53 bits per heavy atom. The van der Waals surface area contributed by atoms with Gasteiger partial charge in [0, 0.05) is 0 Å². The Hall–Kier alpha value is -0.0151. The topological polar surface area (TPSA) is 18.5 Å². The van der Waals surface area contributed by atoms with Gasteiger partial charge in [-0.2, -0.15) is 0 Å². The minimum atomic E-state index is 0.0823. The Bertz CT molecular complexity index is 246. The molecular formula is C16H29BO2. The van der Waals surface area contributed by atoms with Crippen LogP contribution in [0.3, 0.4) is 0 Å². The lowest BCUT2D eigenvalue weighted by molar-refractivity contribution is 0.0324. The first-order valence-corrected chi connectivity index (χ1v) is 8.69. The van der Waals surface area contributed by atoms with Gasteiger partial charge in [0.15, 0.2) is 0 Å². The van der Waals surface area contributed by atoms with Gasteiger partial charge in [-0.05, 0) is 43.8 Å². The van der Waals surface area contributed by atoms with Crippen LogP contribution in [0.15, 0.2) is 0 Å². The Morgan fingerprint density at radius 2 is 1.16 bits per heavy atom. The van der Waals surface area contributed by atoms with Gasteiger partial charge in [0.05, 0.1) is 12.2 Å². The van der Waals surface area contributed by atoms with E-state index in [-0.39, 0.29) is 7.12 Å². The zero-order chi connectivity index (χ0) is 13.1. The largest absolute Gasteiger partial charge is 0.457 e. The van der Waals surface area contributed by atoms with E-state index in [9.17, 15) is 0 Å². The molecule has 0 aromatic rings. The van der Waals surface area contributed by atoms with E-state index >= 15 is 0 Å². The first-order chi connectivity index (χ1) is 9.38. The molecule has 108 valence electrons. The van der Waals surface area contributed by atoms with Crippen LogP contribution in [0.4, 0.5) is 0 Å². The summed E-state index contributed by atoms with van der Waals surface area (Å²) in [4.78, 5) is 0. The molecule has 1 saturated heterocycles. The molecule has 0 N–H and O–H groups in total. The Morgan fingerprint density at radius 1 is 0.737 bits per heavy atom. The molecule has 0 amide bonds. The van der Waals surface area contributed by atoms with E-state index in [0.717, 1.165) is 18.2 Å². The third-order valence-corrected chi connectivity index (χ3v) is 5.50. The fourth-order valence-electron chi connectivity index (χ4n) is 4.41. The van der Waals surface area contributed by atoms with E-state index < -0.39 is 0 Å². The van der Waals surface area contributed by atoms with Crippen molar-refractivity contribution < 1.29 is 9.31 Å². The van der Waals surface area contributed by atoms with E-state index in [0.29, 0.717) is 12.2 Å². The lowest BCUT2D eigenvalue weighted by Crippen LogP contribution is -2.38. The Kier molecular flexibility index (Phi) is 4.86. The molecule has 0 aromatic carbocycles. The molecular weight excluding hydrogens is 235 g/mol. The van der Waals surface area contributed by atoms with E-state index in [2.05, 4.69) is 6.92 Å². The lowest BCUT2D eigenvalue weighted by Gasteiger charge is -2.35. The summed E-state index contributed by atoms with van der Waals surface area (Å²) in [7, 11) is 0.0823. The van der Waals surface area contributed by atoms with Crippen LogP contribution in [-0.2, 0) is 9.31 Å². The van der Waals surface area contributed by atoms with Crippen molar-refractivity contribution in [2.75, 3.05) is 0 Å². The van der Waals surface area contributed by atoms with E-state index in [1.54, 1.807) is 0 Å². The maximum atomic E-state index is 6.29. The third kappa shape index (κ3) is 3.18. The van der Waals surface area contributed by atoms with Gasteiger partial charge in [0.25, 0.3) is 0 Å². The predicted molar refractivity (Wildman–Crippen MR) is 79.1 cm³/mol. The molecule has 2 saturated carbocycles. The van der Waals surface area contributed by atoms with Gasteiger partial charge >= 0.3 is 7.12 Å². The second-order valence-electron chi connectivity index (χ2n) is 6.84. The predicted octanol–water partition coefficient (Wildman–Crippen LogP) is 4.44. The number of rotatable bonds is 3. The first-order valence-electron chi connectivity index (χ1n) is 8.69. The summed E-state index contributed by atoms with van der Waals surface area (Å²) in [5.74, 6) is 1.55. The normalized spacial score (nSPS) is 34.9. The van der Waals surface area contributed by atoms with Gasteiger partial charge in [-0.15, -0.1) is 0 Å². The summed E-state index contributed by atoms with van der Waals surface area (Å²) in [5, 5.41) is 0. The van der Waals surface area contributed by atoms with Crippen molar-refractivity contribution in [3.8, 4) is 0 Å². The maximum Gasteiger partial charge on any atom is 0.457 e. The van der Waals surface area contributed by atoms with Crippen LogP contribution >= 0.6 is 0 Å². The first kappa shape index (κ1) is 13.9. The molecule has 2 aliphatic carbocycles. The Balaban J connectivity index is 1.67. The summed E-state index contributed by atoms with van der Waals surface area (Å²) in [6.45, 7) is 2.19. The molecule has 2 unspecified atom stereocenters. The molecule has 19 heavy (non-hydrogen) atoms. The molecule has 0 spiro atoms. The van der Waals surface area contributed by atoms with Crippen molar-refractivity contribution in [3.63, 3.8) is 0 Å². The standard InChI is InChI=1S/C16H29BO2/c1-2-17-18-15(13-9-5-3-6-10-13)16(19-17)14-11-7-4-8-12-14/h13-16H,2-12H2,1H3. The van der Waals surface area contributed by atoms with Crippen molar-refractivity contribution in [1.82, 2.24) is 0 Å². The molecule has 0 aromatic heterocycles. The number of hydrogen-bond donors (Lipinski definition) is 0. The molecule has 1 aliphatic heterocycles. The van der Waals surface area contributed by atoms with E-state index in [1.165, 1.54) is 64.2 Å². The van der Waals surface area contributed by atoms with Crippen molar-refractivity contribution in [2.45, 2.75) is 89.7 Å². The smallest absolute Gasteiger partial charge is 0.405 e. The van der Waals surface area contributed by atoms with Crippen LogP contribution in [0.25, 0.3) is 0 Å². The van der Waals surface area contributed by atoms with Crippen LogP contribution in [0, 0.1) is 11.8 Å². The zero-order valence-corrected chi connectivity index (χ0v) is 12.5. The Labute approximate surface area is 118 Å². The fourth-order valence-corrected chi connectivity index (χ4v) is 4.41.